The molecule has 2 aromatic carbocycles. The smallest absolute Gasteiger partial charge is 0.234 e. The van der Waals surface area contributed by atoms with E-state index < -0.39 is 0 Å². The fourth-order valence-corrected chi connectivity index (χ4v) is 4.45. The first-order valence-electron chi connectivity index (χ1n) is 11.0. The highest BCUT2D eigenvalue weighted by Crippen LogP contribution is 2.25. The summed E-state index contributed by atoms with van der Waals surface area (Å²) in [6, 6.07) is 17.8. The van der Waals surface area contributed by atoms with Crippen molar-refractivity contribution in [3.63, 3.8) is 0 Å². The van der Waals surface area contributed by atoms with Crippen LogP contribution in [0.15, 0.2) is 59.6 Å². The molecular formula is C25H29N5O2S. The number of ether oxygens (including phenoxy) is 1. The van der Waals surface area contributed by atoms with Gasteiger partial charge in [0.15, 0.2) is 5.82 Å². The number of hydrogen-bond donors (Lipinski definition) is 1. The van der Waals surface area contributed by atoms with Crippen molar-refractivity contribution in [3.05, 3.63) is 65.7 Å². The van der Waals surface area contributed by atoms with Crippen molar-refractivity contribution in [1.82, 2.24) is 10.2 Å². The van der Waals surface area contributed by atoms with E-state index in [1.165, 1.54) is 28.6 Å². The monoisotopic (exact) mass is 463 g/mol. The molecule has 3 aromatic rings. The summed E-state index contributed by atoms with van der Waals surface area (Å²) in [7, 11) is 1.60. The molecule has 0 unspecified atom stereocenters. The molecule has 2 heterocycles. The zero-order valence-electron chi connectivity index (χ0n) is 19.2. The summed E-state index contributed by atoms with van der Waals surface area (Å²) in [6.07, 6.45) is 0. The predicted molar refractivity (Wildman–Crippen MR) is 135 cm³/mol. The zero-order valence-corrected chi connectivity index (χ0v) is 20.1. The third-order valence-corrected chi connectivity index (χ3v) is 6.56. The number of aryl methyl sites for hydroxylation is 2. The van der Waals surface area contributed by atoms with Crippen LogP contribution in [0.4, 0.5) is 17.2 Å². The first-order valence-corrected chi connectivity index (χ1v) is 12.0. The Kier molecular flexibility index (Phi) is 7.34. The standard InChI is InChI=1S/C25H29N5O2S/c1-18-7-8-19(2)22(15-18)29-11-13-30(14-12-29)23-9-10-25(28-27-23)33-17-24(31)26-20-5-4-6-21(16-20)32-3/h4-10,15-16H,11-14,17H2,1-3H3,(H,26,31). The fraction of sp³-hybridized carbons (Fsp3) is 0.320. The maximum atomic E-state index is 12.3. The second kappa shape index (κ2) is 10.6. The highest BCUT2D eigenvalue weighted by atomic mass is 32.2. The number of piperazine rings is 1. The molecule has 0 spiro atoms. The normalized spacial score (nSPS) is 13.7. The van der Waals surface area contributed by atoms with Gasteiger partial charge in [-0.15, -0.1) is 10.2 Å². The van der Waals surface area contributed by atoms with Crippen molar-refractivity contribution in [1.29, 1.82) is 0 Å². The van der Waals surface area contributed by atoms with E-state index >= 15 is 0 Å². The largest absolute Gasteiger partial charge is 0.497 e. The van der Waals surface area contributed by atoms with Gasteiger partial charge in [-0.25, -0.2) is 0 Å². The predicted octanol–water partition coefficient (Wildman–Crippen LogP) is 4.16. The molecule has 1 N–H and O–H groups in total. The number of carbonyl (C=O) groups is 1. The highest BCUT2D eigenvalue weighted by molar-refractivity contribution is 7.99. The van der Waals surface area contributed by atoms with Crippen LogP contribution in [0.1, 0.15) is 11.1 Å². The van der Waals surface area contributed by atoms with Crippen molar-refractivity contribution < 1.29 is 9.53 Å². The number of hydrogen-bond acceptors (Lipinski definition) is 7. The van der Waals surface area contributed by atoms with Crippen LogP contribution in [0.25, 0.3) is 0 Å². The van der Waals surface area contributed by atoms with Crippen LogP contribution in [0.2, 0.25) is 0 Å². The summed E-state index contributed by atoms with van der Waals surface area (Å²) < 4.78 is 5.18. The Labute approximate surface area is 199 Å². The molecule has 1 aromatic heterocycles. The molecule has 1 aliphatic rings. The number of aromatic nitrogens is 2. The first kappa shape index (κ1) is 22.9. The summed E-state index contributed by atoms with van der Waals surface area (Å²) in [5.74, 6) is 1.75. The molecule has 33 heavy (non-hydrogen) atoms. The fourth-order valence-electron chi connectivity index (χ4n) is 3.83. The second-order valence-electron chi connectivity index (χ2n) is 8.06. The van der Waals surface area contributed by atoms with Crippen molar-refractivity contribution in [3.8, 4) is 5.75 Å². The van der Waals surface area contributed by atoms with Gasteiger partial charge in [0.1, 0.15) is 10.8 Å². The van der Waals surface area contributed by atoms with E-state index in [9.17, 15) is 4.79 Å². The number of methoxy groups -OCH3 is 1. The molecule has 0 radical (unpaired) electrons. The van der Waals surface area contributed by atoms with Gasteiger partial charge in [0, 0.05) is 43.6 Å². The zero-order chi connectivity index (χ0) is 23.2. The lowest BCUT2D eigenvalue weighted by Gasteiger charge is -2.37. The minimum atomic E-state index is -0.0957. The lowest BCUT2D eigenvalue weighted by Crippen LogP contribution is -2.47. The summed E-state index contributed by atoms with van der Waals surface area (Å²) in [5.41, 5.74) is 4.63. The van der Waals surface area contributed by atoms with Gasteiger partial charge < -0.3 is 19.9 Å². The summed E-state index contributed by atoms with van der Waals surface area (Å²) >= 11 is 1.37. The molecule has 7 nitrogen and oxygen atoms in total. The third-order valence-electron chi connectivity index (χ3n) is 5.64. The van der Waals surface area contributed by atoms with Crippen LogP contribution in [-0.2, 0) is 4.79 Å². The summed E-state index contributed by atoms with van der Waals surface area (Å²) in [4.78, 5) is 17.0. The van der Waals surface area contributed by atoms with E-state index in [-0.39, 0.29) is 11.7 Å². The van der Waals surface area contributed by atoms with Crippen molar-refractivity contribution in [2.45, 2.75) is 18.9 Å². The number of nitrogens with zero attached hydrogens (tertiary/aromatic N) is 4. The number of benzene rings is 2. The van der Waals surface area contributed by atoms with Gasteiger partial charge in [0.05, 0.1) is 12.9 Å². The van der Waals surface area contributed by atoms with Crippen LogP contribution in [0.5, 0.6) is 5.75 Å². The Balaban J connectivity index is 1.27. The lowest BCUT2D eigenvalue weighted by atomic mass is 10.1. The number of thioether (sulfide) groups is 1. The average Bonchev–Trinajstić information content (AvgIpc) is 2.85. The van der Waals surface area contributed by atoms with Gasteiger partial charge in [-0.3, -0.25) is 4.79 Å². The maximum Gasteiger partial charge on any atom is 0.234 e. The van der Waals surface area contributed by atoms with Gasteiger partial charge in [-0.1, -0.05) is 30.0 Å². The van der Waals surface area contributed by atoms with Crippen molar-refractivity contribution in [2.24, 2.45) is 0 Å². The van der Waals surface area contributed by atoms with E-state index in [1.807, 2.05) is 30.3 Å². The second-order valence-corrected chi connectivity index (χ2v) is 9.06. The molecular weight excluding hydrogens is 434 g/mol. The van der Waals surface area contributed by atoms with Crippen LogP contribution >= 0.6 is 11.8 Å². The topological polar surface area (TPSA) is 70.6 Å². The van der Waals surface area contributed by atoms with Crippen molar-refractivity contribution in [2.75, 3.05) is 54.2 Å². The molecule has 1 aliphatic heterocycles. The quantitative estimate of drug-likeness (QED) is 0.528. The van der Waals surface area contributed by atoms with Crippen LogP contribution in [0.3, 0.4) is 0 Å². The van der Waals surface area contributed by atoms with E-state index in [1.54, 1.807) is 13.2 Å². The number of nitrogens with one attached hydrogen (secondary N) is 1. The van der Waals surface area contributed by atoms with Gasteiger partial charge in [-0.05, 0) is 55.3 Å². The molecule has 1 fully saturated rings. The molecule has 0 aliphatic carbocycles. The molecule has 0 atom stereocenters. The molecule has 0 bridgehead atoms. The molecule has 1 amide bonds. The molecule has 0 saturated carbocycles. The Bertz CT molecular complexity index is 1100. The molecule has 8 heteroatoms. The summed E-state index contributed by atoms with van der Waals surface area (Å²) in [6.45, 7) is 8.01. The van der Waals surface area contributed by atoms with E-state index in [4.69, 9.17) is 4.74 Å². The van der Waals surface area contributed by atoms with E-state index in [0.717, 1.165) is 37.0 Å². The average molecular weight is 464 g/mol. The third kappa shape index (κ3) is 5.96. The minimum Gasteiger partial charge on any atom is -0.497 e. The first-order chi connectivity index (χ1) is 16.0. The lowest BCUT2D eigenvalue weighted by molar-refractivity contribution is -0.113. The Morgan fingerprint density at radius 3 is 2.52 bits per heavy atom. The Hall–Kier alpha value is -3.26. The Morgan fingerprint density at radius 2 is 1.79 bits per heavy atom. The van der Waals surface area contributed by atoms with Gasteiger partial charge >= 0.3 is 0 Å². The van der Waals surface area contributed by atoms with Gasteiger partial charge in [-0.2, -0.15) is 0 Å². The SMILES string of the molecule is COc1cccc(NC(=O)CSc2ccc(N3CCN(c4cc(C)ccc4C)CC3)nn2)c1. The number of carbonyl (C=O) groups excluding carboxylic acids is 1. The van der Waals surface area contributed by atoms with Gasteiger partial charge in [0.25, 0.3) is 0 Å². The van der Waals surface area contributed by atoms with Crippen LogP contribution in [0, 0.1) is 13.8 Å². The molecule has 172 valence electrons. The van der Waals surface area contributed by atoms with Crippen LogP contribution in [-0.4, -0.2) is 55.1 Å². The highest BCUT2D eigenvalue weighted by Gasteiger charge is 2.20. The van der Waals surface area contributed by atoms with Crippen molar-refractivity contribution >= 4 is 34.9 Å². The van der Waals surface area contributed by atoms with E-state index in [0.29, 0.717) is 11.4 Å². The van der Waals surface area contributed by atoms with Crippen LogP contribution < -0.4 is 19.9 Å². The van der Waals surface area contributed by atoms with E-state index in [2.05, 4.69) is 57.4 Å². The Morgan fingerprint density at radius 1 is 1.00 bits per heavy atom. The maximum absolute atomic E-state index is 12.3. The summed E-state index contributed by atoms with van der Waals surface area (Å²) in [5, 5.41) is 12.3. The molecule has 1 saturated heterocycles. The van der Waals surface area contributed by atoms with Gasteiger partial charge in [0.2, 0.25) is 5.91 Å². The minimum absolute atomic E-state index is 0.0957. The number of amides is 1. The molecule has 4 rings (SSSR count). The number of rotatable bonds is 7. The number of anilines is 3.